The molecule has 0 atom stereocenters. The molecule has 0 N–H and O–H groups in total. The van der Waals surface area contributed by atoms with Crippen LogP contribution in [0.5, 0.6) is 0 Å². The topological polar surface area (TPSA) is 33.2 Å². The molecule has 104 valence electrons. The van der Waals surface area contributed by atoms with Crippen molar-refractivity contribution in [2.75, 3.05) is 13.1 Å². The number of rotatable bonds is 1. The molecule has 1 amide bonds. The van der Waals surface area contributed by atoms with Crippen LogP contribution in [-0.4, -0.2) is 28.9 Å². The van der Waals surface area contributed by atoms with Crippen LogP contribution < -0.4 is 0 Å². The quantitative estimate of drug-likeness (QED) is 0.800. The summed E-state index contributed by atoms with van der Waals surface area (Å²) in [4.78, 5) is 18.9. The number of carbonyl (C=O) groups is 1. The molecule has 20 heavy (non-hydrogen) atoms. The third-order valence-corrected chi connectivity index (χ3v) is 4.35. The van der Waals surface area contributed by atoms with Gasteiger partial charge in [-0.05, 0) is 43.0 Å². The van der Waals surface area contributed by atoms with Gasteiger partial charge in [-0.1, -0.05) is 18.5 Å². The summed E-state index contributed by atoms with van der Waals surface area (Å²) in [6.07, 6.45) is 3.85. The largest absolute Gasteiger partial charge is 0.339 e. The minimum atomic E-state index is 0.0669. The molecule has 2 heterocycles. The highest BCUT2D eigenvalue weighted by Crippen LogP contribution is 2.26. The summed E-state index contributed by atoms with van der Waals surface area (Å²) < 4.78 is 0. The number of hydrogen-bond acceptors (Lipinski definition) is 2. The lowest BCUT2D eigenvalue weighted by Crippen LogP contribution is -2.38. The fraction of sp³-hybridized carbons (Fsp3) is 0.375. The van der Waals surface area contributed by atoms with Crippen LogP contribution in [0.3, 0.4) is 0 Å². The summed E-state index contributed by atoms with van der Waals surface area (Å²) in [6.45, 7) is 3.90. The highest BCUT2D eigenvalue weighted by Gasteiger charge is 2.23. The van der Waals surface area contributed by atoms with E-state index < -0.39 is 0 Å². The number of nitrogens with zero attached hydrogens (tertiary/aromatic N) is 2. The van der Waals surface area contributed by atoms with Crippen molar-refractivity contribution in [1.82, 2.24) is 9.88 Å². The molecule has 1 saturated heterocycles. The average molecular weight is 289 g/mol. The first-order valence-electron chi connectivity index (χ1n) is 6.99. The number of fused-ring (bicyclic) bond motifs is 1. The maximum absolute atomic E-state index is 12.7. The standard InChI is InChI=1S/C16H17ClN2O/c1-11-6-9-19(10-7-11)16(20)13-4-5-14(17)12-3-2-8-18-15(12)13/h2-5,8,11H,6-7,9-10H2,1H3. The van der Waals surface area contributed by atoms with Gasteiger partial charge in [-0.3, -0.25) is 9.78 Å². The van der Waals surface area contributed by atoms with Crippen molar-refractivity contribution in [2.45, 2.75) is 19.8 Å². The van der Waals surface area contributed by atoms with E-state index in [2.05, 4.69) is 11.9 Å². The van der Waals surface area contributed by atoms with Gasteiger partial charge in [0.15, 0.2) is 0 Å². The van der Waals surface area contributed by atoms with E-state index in [1.807, 2.05) is 17.0 Å². The normalized spacial score (nSPS) is 16.6. The van der Waals surface area contributed by atoms with E-state index in [0.29, 0.717) is 22.0 Å². The van der Waals surface area contributed by atoms with Crippen LogP contribution in [0.1, 0.15) is 30.1 Å². The SMILES string of the molecule is CC1CCN(C(=O)c2ccc(Cl)c3cccnc23)CC1. The summed E-state index contributed by atoms with van der Waals surface area (Å²) in [5.41, 5.74) is 1.35. The Balaban J connectivity index is 1.98. The van der Waals surface area contributed by atoms with Crippen LogP contribution in [0.2, 0.25) is 5.02 Å². The number of aromatic nitrogens is 1. The van der Waals surface area contributed by atoms with Crippen molar-refractivity contribution in [3.8, 4) is 0 Å². The Kier molecular flexibility index (Phi) is 3.62. The lowest BCUT2D eigenvalue weighted by Gasteiger charge is -2.30. The molecule has 0 spiro atoms. The minimum Gasteiger partial charge on any atom is -0.339 e. The zero-order chi connectivity index (χ0) is 14.1. The van der Waals surface area contributed by atoms with Crippen molar-refractivity contribution in [2.24, 2.45) is 5.92 Å². The molecule has 1 aromatic carbocycles. The summed E-state index contributed by atoms with van der Waals surface area (Å²) >= 11 is 6.17. The van der Waals surface area contributed by atoms with Gasteiger partial charge < -0.3 is 4.90 Å². The lowest BCUT2D eigenvalue weighted by molar-refractivity contribution is 0.0699. The van der Waals surface area contributed by atoms with Crippen molar-refractivity contribution >= 4 is 28.4 Å². The van der Waals surface area contributed by atoms with Crippen LogP contribution in [-0.2, 0) is 0 Å². The zero-order valence-corrected chi connectivity index (χ0v) is 12.2. The predicted molar refractivity (Wildman–Crippen MR) is 81.1 cm³/mol. The summed E-state index contributed by atoms with van der Waals surface area (Å²) in [6, 6.07) is 7.31. The van der Waals surface area contributed by atoms with Crippen LogP contribution >= 0.6 is 11.6 Å². The van der Waals surface area contributed by atoms with Gasteiger partial charge in [0.25, 0.3) is 5.91 Å². The Morgan fingerprint density at radius 3 is 2.80 bits per heavy atom. The van der Waals surface area contributed by atoms with E-state index >= 15 is 0 Å². The van der Waals surface area contributed by atoms with E-state index in [1.165, 1.54) is 0 Å². The van der Waals surface area contributed by atoms with Gasteiger partial charge in [0.05, 0.1) is 16.1 Å². The monoisotopic (exact) mass is 288 g/mol. The molecule has 0 bridgehead atoms. The zero-order valence-electron chi connectivity index (χ0n) is 11.5. The number of halogens is 1. The van der Waals surface area contributed by atoms with Crippen LogP contribution in [0, 0.1) is 5.92 Å². The fourth-order valence-electron chi connectivity index (χ4n) is 2.69. The van der Waals surface area contributed by atoms with Crippen LogP contribution in [0.15, 0.2) is 30.5 Å². The number of hydrogen-bond donors (Lipinski definition) is 0. The highest BCUT2D eigenvalue weighted by atomic mass is 35.5. The van der Waals surface area contributed by atoms with Crippen molar-refractivity contribution in [3.05, 3.63) is 41.0 Å². The van der Waals surface area contributed by atoms with E-state index in [4.69, 9.17) is 11.6 Å². The molecule has 1 aromatic heterocycles. The summed E-state index contributed by atoms with van der Waals surface area (Å²) in [5, 5.41) is 1.47. The molecule has 0 unspecified atom stereocenters. The Morgan fingerprint density at radius 2 is 2.05 bits per heavy atom. The van der Waals surface area contributed by atoms with Gasteiger partial charge >= 0.3 is 0 Å². The van der Waals surface area contributed by atoms with Crippen LogP contribution in [0.25, 0.3) is 10.9 Å². The van der Waals surface area contributed by atoms with Gasteiger partial charge in [-0.25, -0.2) is 0 Å². The molecule has 2 aromatic rings. The number of piperidine rings is 1. The number of benzene rings is 1. The first-order chi connectivity index (χ1) is 9.66. The molecule has 1 aliphatic rings. The molecule has 0 saturated carbocycles. The second-order valence-electron chi connectivity index (χ2n) is 5.47. The molecular formula is C16H17ClN2O. The van der Waals surface area contributed by atoms with Crippen molar-refractivity contribution in [3.63, 3.8) is 0 Å². The molecular weight excluding hydrogens is 272 g/mol. The predicted octanol–water partition coefficient (Wildman–Crippen LogP) is 3.76. The molecule has 4 heteroatoms. The Labute approximate surface area is 123 Å². The van der Waals surface area contributed by atoms with Gasteiger partial charge in [0.1, 0.15) is 0 Å². The molecule has 1 aliphatic heterocycles. The second kappa shape index (κ2) is 5.41. The van der Waals surface area contributed by atoms with E-state index in [0.717, 1.165) is 31.3 Å². The fourth-order valence-corrected chi connectivity index (χ4v) is 2.91. The van der Waals surface area contributed by atoms with Crippen molar-refractivity contribution < 1.29 is 4.79 Å². The van der Waals surface area contributed by atoms with E-state index in [1.54, 1.807) is 18.3 Å². The second-order valence-corrected chi connectivity index (χ2v) is 5.88. The highest BCUT2D eigenvalue weighted by molar-refractivity contribution is 6.36. The first-order valence-corrected chi connectivity index (χ1v) is 7.37. The number of pyridine rings is 1. The maximum Gasteiger partial charge on any atom is 0.256 e. The first kappa shape index (κ1) is 13.4. The third-order valence-electron chi connectivity index (χ3n) is 4.02. The smallest absolute Gasteiger partial charge is 0.256 e. The van der Waals surface area contributed by atoms with Crippen LogP contribution in [0.4, 0.5) is 0 Å². The van der Waals surface area contributed by atoms with E-state index in [9.17, 15) is 4.79 Å². The Bertz CT molecular complexity index is 648. The minimum absolute atomic E-state index is 0.0669. The van der Waals surface area contributed by atoms with Gasteiger partial charge in [0.2, 0.25) is 0 Å². The molecule has 3 rings (SSSR count). The lowest BCUT2D eigenvalue weighted by atomic mass is 9.98. The van der Waals surface area contributed by atoms with Gasteiger partial charge in [0, 0.05) is 24.7 Å². The number of likely N-dealkylation sites (tertiary alicyclic amines) is 1. The third kappa shape index (κ3) is 2.38. The Hall–Kier alpha value is -1.61. The van der Waals surface area contributed by atoms with Gasteiger partial charge in [-0.15, -0.1) is 0 Å². The molecule has 1 fully saturated rings. The Morgan fingerprint density at radius 1 is 1.30 bits per heavy atom. The van der Waals surface area contributed by atoms with Crippen molar-refractivity contribution in [1.29, 1.82) is 0 Å². The summed E-state index contributed by atoms with van der Waals surface area (Å²) in [5.74, 6) is 0.774. The van der Waals surface area contributed by atoms with E-state index in [-0.39, 0.29) is 5.91 Å². The summed E-state index contributed by atoms with van der Waals surface area (Å²) in [7, 11) is 0. The maximum atomic E-state index is 12.7. The molecule has 3 nitrogen and oxygen atoms in total. The van der Waals surface area contributed by atoms with Gasteiger partial charge in [-0.2, -0.15) is 0 Å². The molecule has 0 aliphatic carbocycles. The number of amides is 1. The average Bonchev–Trinajstić information content (AvgIpc) is 2.48. The molecule has 0 radical (unpaired) electrons. The number of carbonyl (C=O) groups excluding carboxylic acids is 1.